The monoisotopic (exact) mass is 374 g/mol. The van der Waals surface area contributed by atoms with Crippen LogP contribution in [-0.4, -0.2) is 42.6 Å². The van der Waals surface area contributed by atoms with E-state index in [1.165, 1.54) is 11.1 Å². The molecule has 1 aromatic carbocycles. The third-order valence-electron chi connectivity index (χ3n) is 4.11. The molecule has 0 aromatic heterocycles. The van der Waals surface area contributed by atoms with Crippen molar-refractivity contribution in [1.82, 2.24) is 10.2 Å². The zero-order chi connectivity index (χ0) is 14.1. The number of nitrogens with one attached hydrogen (secondary N) is 1. The molecule has 3 rings (SSSR count). The number of halogens is 2. The Morgan fingerprint density at radius 2 is 2.29 bits per heavy atom. The molecule has 4 nitrogen and oxygen atoms in total. The van der Waals surface area contributed by atoms with Crippen molar-refractivity contribution in [1.29, 1.82) is 0 Å². The zero-order valence-electron chi connectivity index (χ0n) is 12.0. The van der Waals surface area contributed by atoms with Gasteiger partial charge in [0, 0.05) is 24.1 Å². The van der Waals surface area contributed by atoms with Gasteiger partial charge in [0.15, 0.2) is 0 Å². The van der Waals surface area contributed by atoms with Crippen molar-refractivity contribution >= 4 is 34.2 Å². The van der Waals surface area contributed by atoms with E-state index in [1.807, 2.05) is 17.9 Å². The molecular weight excluding hydrogens is 356 g/mol. The summed E-state index contributed by atoms with van der Waals surface area (Å²) in [7, 11) is 0. The second kappa shape index (κ2) is 7.09. The van der Waals surface area contributed by atoms with Crippen molar-refractivity contribution in [2.75, 3.05) is 19.7 Å². The van der Waals surface area contributed by atoms with Crippen LogP contribution in [0.3, 0.4) is 0 Å². The minimum absolute atomic E-state index is 0. The van der Waals surface area contributed by atoms with E-state index >= 15 is 0 Å². The average Bonchev–Trinajstić information content (AvgIpc) is 2.47. The smallest absolute Gasteiger partial charge is 0.242 e. The highest BCUT2D eigenvalue weighted by molar-refractivity contribution is 9.10. The van der Waals surface area contributed by atoms with Crippen LogP contribution in [0.15, 0.2) is 22.7 Å². The number of morpholine rings is 1. The van der Waals surface area contributed by atoms with Crippen LogP contribution in [0, 0.1) is 0 Å². The summed E-state index contributed by atoms with van der Waals surface area (Å²) in [6, 6.07) is 6.02. The summed E-state index contributed by atoms with van der Waals surface area (Å²) in [5, 5.41) is 3.28. The predicted molar refractivity (Wildman–Crippen MR) is 87.7 cm³/mol. The summed E-state index contributed by atoms with van der Waals surface area (Å²) in [6.45, 7) is 4.85. The molecule has 0 unspecified atom stereocenters. The Bertz CT molecular complexity index is 526. The Morgan fingerprint density at radius 3 is 3.05 bits per heavy atom. The molecule has 1 saturated heterocycles. The maximum absolute atomic E-state index is 12.7. The van der Waals surface area contributed by atoms with E-state index in [4.69, 9.17) is 4.74 Å². The second-order valence-electron chi connectivity index (χ2n) is 5.40. The van der Waals surface area contributed by atoms with E-state index < -0.39 is 0 Å². The van der Waals surface area contributed by atoms with E-state index in [2.05, 4.69) is 33.4 Å². The van der Waals surface area contributed by atoms with Crippen molar-refractivity contribution in [2.24, 2.45) is 0 Å². The van der Waals surface area contributed by atoms with E-state index in [0.717, 1.165) is 24.0 Å². The molecule has 116 valence electrons. The van der Waals surface area contributed by atoms with Crippen molar-refractivity contribution in [3.05, 3.63) is 33.8 Å². The van der Waals surface area contributed by atoms with Crippen LogP contribution in [-0.2, 0) is 22.5 Å². The first kappa shape index (κ1) is 16.7. The van der Waals surface area contributed by atoms with Gasteiger partial charge in [-0.1, -0.05) is 28.1 Å². The first-order chi connectivity index (χ1) is 9.66. The second-order valence-corrected chi connectivity index (χ2v) is 6.25. The van der Waals surface area contributed by atoms with Gasteiger partial charge in [0.05, 0.1) is 12.7 Å². The molecule has 0 saturated carbocycles. The number of hydrogen-bond acceptors (Lipinski definition) is 3. The van der Waals surface area contributed by atoms with Crippen LogP contribution in [0.5, 0.6) is 0 Å². The molecule has 0 bridgehead atoms. The molecule has 2 heterocycles. The van der Waals surface area contributed by atoms with Crippen LogP contribution in [0.1, 0.15) is 18.1 Å². The third-order valence-corrected chi connectivity index (χ3v) is 4.85. The Labute approximate surface area is 139 Å². The van der Waals surface area contributed by atoms with Gasteiger partial charge >= 0.3 is 0 Å². The Balaban J connectivity index is 0.00000161. The molecule has 2 aliphatic heterocycles. The summed E-state index contributed by atoms with van der Waals surface area (Å²) in [5.41, 5.74) is 2.57. The molecule has 0 radical (unpaired) electrons. The topological polar surface area (TPSA) is 41.6 Å². The molecule has 1 aromatic rings. The SMILES string of the molecule is C[C@H]1OCCN[C@@H]1C(=O)N1CCc2cccc(Br)c2C1.Cl. The van der Waals surface area contributed by atoms with E-state index in [9.17, 15) is 4.79 Å². The minimum Gasteiger partial charge on any atom is -0.375 e. The van der Waals surface area contributed by atoms with Gasteiger partial charge in [0.1, 0.15) is 6.04 Å². The fourth-order valence-electron chi connectivity index (χ4n) is 2.93. The maximum atomic E-state index is 12.7. The maximum Gasteiger partial charge on any atom is 0.242 e. The van der Waals surface area contributed by atoms with Gasteiger partial charge in [-0.05, 0) is 30.5 Å². The lowest BCUT2D eigenvalue weighted by Crippen LogP contribution is -2.57. The fraction of sp³-hybridized carbons (Fsp3) is 0.533. The molecule has 1 amide bonds. The summed E-state index contributed by atoms with van der Waals surface area (Å²) >= 11 is 3.59. The van der Waals surface area contributed by atoms with Gasteiger partial charge in [-0.3, -0.25) is 4.79 Å². The number of ether oxygens (including phenoxy) is 1. The summed E-state index contributed by atoms with van der Waals surface area (Å²) in [5.74, 6) is 0.151. The Hall–Kier alpha value is -0.620. The number of benzene rings is 1. The molecule has 6 heteroatoms. The van der Waals surface area contributed by atoms with Gasteiger partial charge in [-0.15, -0.1) is 12.4 Å². The Kier molecular flexibility index (Phi) is 5.66. The molecule has 1 N–H and O–H groups in total. The highest BCUT2D eigenvalue weighted by Crippen LogP contribution is 2.27. The lowest BCUT2D eigenvalue weighted by molar-refractivity contribution is -0.140. The largest absolute Gasteiger partial charge is 0.375 e. The number of hydrogen-bond donors (Lipinski definition) is 1. The fourth-order valence-corrected chi connectivity index (χ4v) is 3.47. The molecule has 1 fully saturated rings. The lowest BCUT2D eigenvalue weighted by atomic mass is 9.98. The van der Waals surface area contributed by atoms with Gasteiger partial charge in [0.2, 0.25) is 5.91 Å². The van der Waals surface area contributed by atoms with Crippen LogP contribution < -0.4 is 5.32 Å². The van der Waals surface area contributed by atoms with Crippen molar-refractivity contribution in [2.45, 2.75) is 32.0 Å². The zero-order valence-corrected chi connectivity index (χ0v) is 14.4. The molecule has 21 heavy (non-hydrogen) atoms. The molecule has 0 spiro atoms. The number of nitrogens with zero attached hydrogens (tertiary/aromatic N) is 1. The normalized spacial score (nSPS) is 25.0. The van der Waals surface area contributed by atoms with Crippen LogP contribution in [0.25, 0.3) is 0 Å². The van der Waals surface area contributed by atoms with Gasteiger partial charge in [0.25, 0.3) is 0 Å². The van der Waals surface area contributed by atoms with Crippen molar-refractivity contribution in [3.8, 4) is 0 Å². The number of amides is 1. The van der Waals surface area contributed by atoms with Gasteiger partial charge in [-0.25, -0.2) is 0 Å². The number of rotatable bonds is 1. The standard InChI is InChI=1S/C15H19BrN2O2.ClH/c1-10-14(17-6-8-20-10)15(19)18-7-5-11-3-2-4-13(16)12(11)9-18;/h2-4,10,14,17H,5-9H2,1H3;1H/t10-,14+;/m1./s1. The van der Waals surface area contributed by atoms with Crippen LogP contribution in [0.4, 0.5) is 0 Å². The van der Waals surface area contributed by atoms with Crippen molar-refractivity contribution in [3.63, 3.8) is 0 Å². The summed E-state index contributed by atoms with van der Waals surface area (Å²) < 4.78 is 6.67. The average molecular weight is 376 g/mol. The third kappa shape index (κ3) is 3.42. The molecule has 0 aliphatic carbocycles. The number of fused-ring (bicyclic) bond motifs is 1. The van der Waals surface area contributed by atoms with Gasteiger partial charge in [-0.2, -0.15) is 0 Å². The van der Waals surface area contributed by atoms with Gasteiger partial charge < -0.3 is 15.0 Å². The summed E-state index contributed by atoms with van der Waals surface area (Å²) in [6.07, 6.45) is 0.861. The van der Waals surface area contributed by atoms with E-state index in [1.54, 1.807) is 0 Å². The number of carbonyl (C=O) groups excluding carboxylic acids is 1. The van der Waals surface area contributed by atoms with E-state index in [-0.39, 0.29) is 30.5 Å². The molecule has 2 atom stereocenters. The molecule has 2 aliphatic rings. The first-order valence-corrected chi connectivity index (χ1v) is 7.86. The van der Waals surface area contributed by atoms with E-state index in [0.29, 0.717) is 13.2 Å². The quantitative estimate of drug-likeness (QED) is 0.817. The number of carbonyl (C=O) groups is 1. The minimum atomic E-state index is -0.215. The predicted octanol–water partition coefficient (Wildman–Crippen LogP) is 2.13. The molecular formula is C15H20BrClN2O2. The highest BCUT2D eigenvalue weighted by Gasteiger charge is 2.33. The lowest BCUT2D eigenvalue weighted by Gasteiger charge is -2.36. The van der Waals surface area contributed by atoms with Crippen LogP contribution in [0.2, 0.25) is 0 Å². The Morgan fingerprint density at radius 1 is 1.48 bits per heavy atom. The first-order valence-electron chi connectivity index (χ1n) is 7.07. The summed E-state index contributed by atoms with van der Waals surface area (Å²) in [4.78, 5) is 14.6. The van der Waals surface area contributed by atoms with Crippen molar-refractivity contribution < 1.29 is 9.53 Å². The van der Waals surface area contributed by atoms with Crippen LogP contribution >= 0.6 is 28.3 Å². The highest BCUT2D eigenvalue weighted by atomic mass is 79.9.